The van der Waals surface area contributed by atoms with Gasteiger partial charge in [-0.25, -0.2) is 4.39 Å². The molecular formula is C17H14FN3O. The van der Waals surface area contributed by atoms with Crippen LogP contribution in [0, 0.1) is 5.82 Å². The fourth-order valence-electron chi connectivity index (χ4n) is 3.12. The van der Waals surface area contributed by atoms with Crippen molar-refractivity contribution in [2.24, 2.45) is 0 Å². The number of H-pyrrole nitrogens is 1. The molecule has 0 spiro atoms. The second-order valence-corrected chi connectivity index (χ2v) is 5.49. The fraction of sp³-hybridized carbons (Fsp3) is 0.176. The van der Waals surface area contributed by atoms with Crippen molar-refractivity contribution in [2.45, 2.75) is 18.9 Å². The molecule has 4 rings (SSSR count). The Balaban J connectivity index is 1.63. The van der Waals surface area contributed by atoms with Crippen LogP contribution in [0.2, 0.25) is 0 Å². The van der Waals surface area contributed by atoms with Crippen molar-refractivity contribution in [1.29, 1.82) is 0 Å². The van der Waals surface area contributed by atoms with Gasteiger partial charge in [0.05, 0.1) is 11.6 Å². The van der Waals surface area contributed by atoms with E-state index in [9.17, 15) is 9.18 Å². The average molecular weight is 295 g/mol. The molecule has 0 bridgehead atoms. The molecule has 2 N–H and O–H groups in total. The number of fused-ring (bicyclic) bond motifs is 2. The van der Waals surface area contributed by atoms with Crippen LogP contribution in [-0.4, -0.2) is 16.1 Å². The quantitative estimate of drug-likeness (QED) is 0.763. The Kier molecular flexibility index (Phi) is 2.92. The zero-order valence-electron chi connectivity index (χ0n) is 11.8. The number of para-hydroxylation sites is 1. The number of rotatable bonds is 2. The minimum Gasteiger partial charge on any atom is -0.344 e. The second kappa shape index (κ2) is 4.94. The molecule has 3 aromatic rings. The van der Waals surface area contributed by atoms with Crippen LogP contribution in [0.1, 0.15) is 34.1 Å². The summed E-state index contributed by atoms with van der Waals surface area (Å²) in [5.41, 5.74) is 2.78. The van der Waals surface area contributed by atoms with E-state index in [0.29, 0.717) is 24.1 Å². The van der Waals surface area contributed by atoms with E-state index in [1.807, 2.05) is 30.3 Å². The molecule has 1 atom stereocenters. The topological polar surface area (TPSA) is 57.8 Å². The van der Waals surface area contributed by atoms with Crippen molar-refractivity contribution in [2.75, 3.05) is 0 Å². The van der Waals surface area contributed by atoms with Gasteiger partial charge in [0.15, 0.2) is 5.69 Å². The molecule has 22 heavy (non-hydrogen) atoms. The number of carbonyl (C=O) groups excluding carboxylic acids is 1. The largest absolute Gasteiger partial charge is 0.344 e. The van der Waals surface area contributed by atoms with Crippen LogP contribution in [0.15, 0.2) is 42.5 Å². The number of hydrogen-bond donors (Lipinski definition) is 2. The van der Waals surface area contributed by atoms with Crippen molar-refractivity contribution in [3.05, 3.63) is 65.1 Å². The lowest BCUT2D eigenvalue weighted by Gasteiger charge is -2.13. The molecule has 4 nitrogen and oxygen atoms in total. The maximum absolute atomic E-state index is 13.8. The number of aromatic nitrogens is 2. The number of nitrogens with zero attached hydrogens (tertiary/aromatic N) is 1. The molecule has 1 amide bonds. The third-order valence-electron chi connectivity index (χ3n) is 4.20. The molecule has 0 fully saturated rings. The first-order chi connectivity index (χ1) is 10.7. The van der Waals surface area contributed by atoms with Gasteiger partial charge in [0.2, 0.25) is 0 Å². The van der Waals surface area contributed by atoms with Gasteiger partial charge in [-0.15, -0.1) is 0 Å². The highest BCUT2D eigenvalue weighted by atomic mass is 19.1. The minimum absolute atomic E-state index is 0.159. The molecular weight excluding hydrogens is 281 g/mol. The van der Waals surface area contributed by atoms with Crippen LogP contribution in [-0.2, 0) is 6.42 Å². The van der Waals surface area contributed by atoms with E-state index >= 15 is 0 Å². The van der Waals surface area contributed by atoms with E-state index in [1.54, 1.807) is 6.07 Å². The standard InChI is InChI=1S/C17H14FN3O/c18-13-6-3-5-11-10(13)8-9-14(11)19-17(22)16-12-4-1-2-7-15(12)20-21-16/h1-7,14H,8-9H2,(H,19,22)(H,20,21). The van der Waals surface area contributed by atoms with E-state index < -0.39 is 0 Å². The summed E-state index contributed by atoms with van der Waals surface area (Å²) >= 11 is 0. The number of hydrogen-bond acceptors (Lipinski definition) is 2. The summed E-state index contributed by atoms with van der Waals surface area (Å²) in [6.45, 7) is 0. The molecule has 1 aromatic heterocycles. The molecule has 1 unspecified atom stereocenters. The molecule has 1 aliphatic carbocycles. The smallest absolute Gasteiger partial charge is 0.272 e. The molecule has 5 heteroatoms. The predicted molar refractivity (Wildman–Crippen MR) is 81.0 cm³/mol. The van der Waals surface area contributed by atoms with E-state index in [0.717, 1.165) is 16.5 Å². The van der Waals surface area contributed by atoms with E-state index in [1.165, 1.54) is 6.07 Å². The van der Waals surface area contributed by atoms with Crippen LogP contribution < -0.4 is 5.32 Å². The summed E-state index contributed by atoms with van der Waals surface area (Å²) in [6.07, 6.45) is 1.36. The van der Waals surface area contributed by atoms with Crippen LogP contribution in [0.5, 0.6) is 0 Å². The first-order valence-electron chi connectivity index (χ1n) is 7.25. The Labute approximate surface area is 126 Å². The highest BCUT2D eigenvalue weighted by molar-refractivity contribution is 6.04. The Morgan fingerprint density at radius 2 is 2.09 bits per heavy atom. The number of benzene rings is 2. The van der Waals surface area contributed by atoms with Crippen molar-refractivity contribution < 1.29 is 9.18 Å². The van der Waals surface area contributed by atoms with E-state index in [4.69, 9.17) is 0 Å². The highest BCUT2D eigenvalue weighted by Gasteiger charge is 2.27. The maximum atomic E-state index is 13.8. The zero-order chi connectivity index (χ0) is 15.1. The SMILES string of the molecule is O=C(NC1CCc2c(F)cccc21)c1n[nH]c2ccccc12. The first kappa shape index (κ1) is 13.0. The lowest BCUT2D eigenvalue weighted by atomic mass is 10.1. The van der Waals surface area contributed by atoms with Gasteiger partial charge in [0.25, 0.3) is 5.91 Å². The van der Waals surface area contributed by atoms with Gasteiger partial charge in [0.1, 0.15) is 5.82 Å². The highest BCUT2D eigenvalue weighted by Crippen LogP contribution is 2.33. The average Bonchev–Trinajstić information content (AvgIpc) is 3.12. The Morgan fingerprint density at radius 1 is 1.23 bits per heavy atom. The number of aromatic amines is 1. The third-order valence-corrected chi connectivity index (χ3v) is 4.20. The Morgan fingerprint density at radius 3 is 3.00 bits per heavy atom. The van der Waals surface area contributed by atoms with Gasteiger partial charge in [0, 0.05) is 5.39 Å². The fourth-order valence-corrected chi connectivity index (χ4v) is 3.12. The molecule has 0 radical (unpaired) electrons. The van der Waals surface area contributed by atoms with Crippen molar-refractivity contribution in [3.63, 3.8) is 0 Å². The first-order valence-corrected chi connectivity index (χ1v) is 7.25. The van der Waals surface area contributed by atoms with Gasteiger partial charge in [-0.1, -0.05) is 30.3 Å². The Hall–Kier alpha value is -2.69. The zero-order valence-corrected chi connectivity index (χ0v) is 11.8. The molecule has 1 aliphatic rings. The minimum atomic E-state index is -0.237. The van der Waals surface area contributed by atoms with Crippen LogP contribution >= 0.6 is 0 Å². The lowest BCUT2D eigenvalue weighted by molar-refractivity contribution is 0.0933. The summed E-state index contributed by atoms with van der Waals surface area (Å²) in [5, 5.41) is 10.7. The van der Waals surface area contributed by atoms with Gasteiger partial charge in [-0.05, 0) is 36.1 Å². The van der Waals surface area contributed by atoms with Gasteiger partial charge < -0.3 is 5.32 Å². The summed E-state index contributed by atoms with van der Waals surface area (Å²) < 4.78 is 13.8. The third kappa shape index (κ3) is 1.97. The summed E-state index contributed by atoms with van der Waals surface area (Å²) in [4.78, 5) is 12.5. The second-order valence-electron chi connectivity index (χ2n) is 5.49. The molecule has 0 saturated carbocycles. The lowest BCUT2D eigenvalue weighted by Crippen LogP contribution is -2.27. The number of nitrogens with one attached hydrogen (secondary N) is 2. The number of amides is 1. The van der Waals surface area contributed by atoms with Gasteiger partial charge >= 0.3 is 0 Å². The molecule has 0 aliphatic heterocycles. The molecule has 110 valence electrons. The van der Waals surface area contributed by atoms with E-state index in [-0.39, 0.29) is 17.8 Å². The van der Waals surface area contributed by atoms with Crippen LogP contribution in [0.25, 0.3) is 10.9 Å². The summed E-state index contributed by atoms with van der Waals surface area (Å²) in [7, 11) is 0. The van der Waals surface area contributed by atoms with Crippen molar-refractivity contribution >= 4 is 16.8 Å². The number of carbonyl (C=O) groups is 1. The van der Waals surface area contributed by atoms with Gasteiger partial charge in [-0.3, -0.25) is 9.89 Å². The van der Waals surface area contributed by atoms with Crippen molar-refractivity contribution in [1.82, 2.24) is 15.5 Å². The normalized spacial score (nSPS) is 16.7. The van der Waals surface area contributed by atoms with E-state index in [2.05, 4.69) is 15.5 Å². The van der Waals surface area contributed by atoms with Crippen LogP contribution in [0.4, 0.5) is 4.39 Å². The maximum Gasteiger partial charge on any atom is 0.272 e. The Bertz CT molecular complexity index is 871. The van der Waals surface area contributed by atoms with Crippen LogP contribution in [0.3, 0.4) is 0 Å². The molecule has 2 aromatic carbocycles. The monoisotopic (exact) mass is 295 g/mol. The molecule has 1 heterocycles. The summed E-state index contributed by atoms with van der Waals surface area (Å²) in [5.74, 6) is -0.431. The van der Waals surface area contributed by atoms with Crippen molar-refractivity contribution in [3.8, 4) is 0 Å². The summed E-state index contributed by atoms with van der Waals surface area (Å²) in [6, 6.07) is 12.3. The molecule has 0 saturated heterocycles. The predicted octanol–water partition coefficient (Wildman–Crippen LogP) is 3.12. The van der Waals surface area contributed by atoms with Gasteiger partial charge in [-0.2, -0.15) is 5.10 Å². The number of halogens is 1.